The molecule has 0 heterocycles. The van der Waals surface area contributed by atoms with Gasteiger partial charge < -0.3 is 15.5 Å². The summed E-state index contributed by atoms with van der Waals surface area (Å²) in [6, 6.07) is 14.8. The lowest BCUT2D eigenvalue weighted by Crippen LogP contribution is -2.23. The van der Waals surface area contributed by atoms with Crippen LogP contribution < -0.4 is 15.5 Å². The molecule has 134 valence electrons. The predicted octanol–water partition coefficient (Wildman–Crippen LogP) is 4.14. The van der Waals surface area contributed by atoms with Crippen molar-refractivity contribution < 1.29 is 0 Å². The van der Waals surface area contributed by atoms with Gasteiger partial charge in [-0.3, -0.25) is 0 Å². The average molecular weight is 374 g/mol. The summed E-state index contributed by atoms with van der Waals surface area (Å²) in [7, 11) is 4.09. The van der Waals surface area contributed by atoms with Crippen molar-refractivity contribution in [3.63, 3.8) is 0 Å². The first-order chi connectivity index (χ1) is 12.1. The van der Waals surface area contributed by atoms with Gasteiger partial charge in [0.05, 0.1) is 0 Å². The number of hydrogen-bond donors (Lipinski definition) is 4. The molecular weight excluding hydrogens is 346 g/mol. The minimum absolute atomic E-state index is 0.858. The second-order valence-corrected chi connectivity index (χ2v) is 6.93. The summed E-state index contributed by atoms with van der Waals surface area (Å²) in [5.74, 6) is 0.858. The topological polar surface area (TPSA) is 27.3 Å². The molecule has 0 unspecified atom stereocenters. The first kappa shape index (κ1) is 19.8. The van der Waals surface area contributed by atoms with Crippen LogP contribution in [-0.4, -0.2) is 39.5 Å². The van der Waals surface area contributed by atoms with Gasteiger partial charge in [-0.25, -0.2) is 0 Å². The molecule has 0 saturated carbocycles. The van der Waals surface area contributed by atoms with Crippen molar-refractivity contribution in [3.8, 4) is 0 Å². The first-order valence-electron chi connectivity index (χ1n) is 8.44. The summed E-state index contributed by atoms with van der Waals surface area (Å²) in [4.78, 5) is 3.06. The van der Waals surface area contributed by atoms with E-state index in [2.05, 4.69) is 95.4 Å². The fourth-order valence-corrected chi connectivity index (χ4v) is 2.83. The third-order valence-corrected chi connectivity index (χ3v) is 4.40. The molecule has 0 radical (unpaired) electrons. The van der Waals surface area contributed by atoms with Crippen LogP contribution in [0.5, 0.6) is 0 Å². The Morgan fingerprint density at radius 3 is 2.24 bits per heavy atom. The maximum Gasteiger partial charge on any atom is 0.0476 e. The van der Waals surface area contributed by atoms with E-state index in [9.17, 15) is 0 Å². The van der Waals surface area contributed by atoms with Crippen molar-refractivity contribution in [1.82, 2.24) is 5.32 Å². The van der Waals surface area contributed by atoms with Gasteiger partial charge in [-0.2, -0.15) is 12.6 Å². The molecule has 0 spiro atoms. The quantitative estimate of drug-likeness (QED) is 0.302. The van der Waals surface area contributed by atoms with E-state index in [0.29, 0.717) is 0 Å². The van der Waals surface area contributed by atoms with Crippen molar-refractivity contribution >= 4 is 48.8 Å². The Morgan fingerprint density at radius 1 is 0.920 bits per heavy atom. The molecular formula is C20H27N3S2. The van der Waals surface area contributed by atoms with Crippen LogP contribution in [0.2, 0.25) is 0 Å². The van der Waals surface area contributed by atoms with Crippen LogP contribution in [0.15, 0.2) is 47.4 Å². The van der Waals surface area contributed by atoms with E-state index >= 15 is 0 Å². The van der Waals surface area contributed by atoms with E-state index in [4.69, 9.17) is 0 Å². The van der Waals surface area contributed by atoms with Crippen molar-refractivity contribution in [2.75, 3.05) is 49.7 Å². The van der Waals surface area contributed by atoms with Crippen LogP contribution >= 0.6 is 25.3 Å². The number of nitrogens with one attached hydrogen (secondary N) is 2. The Kier molecular flexibility index (Phi) is 8.25. The molecule has 2 aromatic carbocycles. The standard InChI is InChI=1S/C20H27N3S2/c1-23(2)18-8-5-16(6-9-18)3-4-17-7-10-19(20(25)15-17)22-12-11-21-13-14-24/h3-10,15,21-22,24-25H,11-14H2,1-2H3. The van der Waals surface area contributed by atoms with Gasteiger partial charge in [0.2, 0.25) is 0 Å². The van der Waals surface area contributed by atoms with Crippen LogP contribution in [0.4, 0.5) is 11.4 Å². The monoisotopic (exact) mass is 373 g/mol. The van der Waals surface area contributed by atoms with E-state index in [1.54, 1.807) is 0 Å². The highest BCUT2D eigenvalue weighted by Crippen LogP contribution is 2.22. The van der Waals surface area contributed by atoms with E-state index in [0.717, 1.165) is 41.5 Å². The van der Waals surface area contributed by atoms with Gasteiger partial charge in [0.25, 0.3) is 0 Å². The van der Waals surface area contributed by atoms with E-state index in [-0.39, 0.29) is 0 Å². The Bertz CT molecular complexity index is 682. The molecule has 0 aliphatic heterocycles. The summed E-state index contributed by atoms with van der Waals surface area (Å²) >= 11 is 8.77. The fourth-order valence-electron chi connectivity index (χ4n) is 2.37. The molecule has 0 atom stereocenters. The molecule has 3 nitrogen and oxygen atoms in total. The SMILES string of the molecule is CN(C)c1ccc(C=Cc2ccc(NCCNCCS)c(S)c2)cc1. The van der Waals surface area contributed by atoms with Gasteiger partial charge in [0.1, 0.15) is 0 Å². The van der Waals surface area contributed by atoms with E-state index < -0.39 is 0 Å². The third-order valence-electron chi connectivity index (χ3n) is 3.81. The third kappa shape index (κ3) is 6.69. The van der Waals surface area contributed by atoms with Gasteiger partial charge in [-0.05, 0) is 35.4 Å². The zero-order chi connectivity index (χ0) is 18.1. The number of rotatable bonds is 9. The van der Waals surface area contributed by atoms with Crippen molar-refractivity contribution in [1.29, 1.82) is 0 Å². The highest BCUT2D eigenvalue weighted by Gasteiger charge is 1.99. The molecule has 0 aliphatic carbocycles. The maximum atomic E-state index is 4.59. The molecule has 0 aliphatic rings. The molecule has 2 rings (SSSR count). The minimum atomic E-state index is 0.858. The maximum absolute atomic E-state index is 4.59. The lowest BCUT2D eigenvalue weighted by atomic mass is 10.1. The Labute approximate surface area is 162 Å². The average Bonchev–Trinajstić information content (AvgIpc) is 2.61. The van der Waals surface area contributed by atoms with Crippen molar-refractivity contribution in [3.05, 3.63) is 53.6 Å². The number of benzene rings is 2. The Balaban J connectivity index is 1.93. The van der Waals surface area contributed by atoms with E-state index in [1.807, 2.05) is 14.1 Å². The van der Waals surface area contributed by atoms with Crippen molar-refractivity contribution in [2.24, 2.45) is 0 Å². The largest absolute Gasteiger partial charge is 0.383 e. The highest BCUT2D eigenvalue weighted by atomic mass is 32.1. The fraction of sp³-hybridized carbons (Fsp3) is 0.300. The molecule has 0 bridgehead atoms. The zero-order valence-electron chi connectivity index (χ0n) is 14.9. The zero-order valence-corrected chi connectivity index (χ0v) is 16.7. The van der Waals surface area contributed by atoms with Crippen LogP contribution in [0.25, 0.3) is 12.2 Å². The smallest absolute Gasteiger partial charge is 0.0476 e. The number of thiol groups is 2. The Hall–Kier alpha value is -1.56. The van der Waals surface area contributed by atoms with Crippen LogP contribution in [0, 0.1) is 0 Å². The van der Waals surface area contributed by atoms with Crippen LogP contribution in [0.1, 0.15) is 11.1 Å². The summed E-state index contributed by atoms with van der Waals surface area (Å²) in [6.07, 6.45) is 4.24. The molecule has 0 fully saturated rings. The molecule has 25 heavy (non-hydrogen) atoms. The lowest BCUT2D eigenvalue weighted by Gasteiger charge is -2.12. The van der Waals surface area contributed by atoms with E-state index in [1.165, 1.54) is 11.3 Å². The molecule has 0 saturated heterocycles. The summed E-state index contributed by atoms with van der Waals surface area (Å²) in [5, 5.41) is 6.70. The summed E-state index contributed by atoms with van der Waals surface area (Å²) in [5.41, 5.74) is 4.58. The highest BCUT2D eigenvalue weighted by molar-refractivity contribution is 7.80. The van der Waals surface area contributed by atoms with Gasteiger partial charge in [0, 0.05) is 55.8 Å². The lowest BCUT2D eigenvalue weighted by molar-refractivity contribution is 0.744. The summed E-state index contributed by atoms with van der Waals surface area (Å²) in [6.45, 7) is 2.71. The molecule has 0 aromatic heterocycles. The minimum Gasteiger partial charge on any atom is -0.383 e. The molecule has 5 heteroatoms. The number of hydrogen-bond acceptors (Lipinski definition) is 5. The molecule has 2 N–H and O–H groups in total. The normalized spacial score (nSPS) is 11.0. The first-order valence-corrected chi connectivity index (χ1v) is 9.52. The van der Waals surface area contributed by atoms with Crippen molar-refractivity contribution in [2.45, 2.75) is 4.90 Å². The predicted molar refractivity (Wildman–Crippen MR) is 119 cm³/mol. The Morgan fingerprint density at radius 2 is 1.60 bits per heavy atom. The second-order valence-electron chi connectivity index (χ2n) is 6.00. The number of anilines is 2. The van der Waals surface area contributed by atoms with Crippen LogP contribution in [-0.2, 0) is 0 Å². The number of nitrogens with zero attached hydrogens (tertiary/aromatic N) is 1. The van der Waals surface area contributed by atoms with Gasteiger partial charge in [-0.1, -0.05) is 30.4 Å². The van der Waals surface area contributed by atoms with Gasteiger partial charge >= 0.3 is 0 Å². The second kappa shape index (κ2) is 10.4. The summed E-state index contributed by atoms with van der Waals surface area (Å²) < 4.78 is 0. The molecule has 0 amide bonds. The molecule has 2 aromatic rings. The van der Waals surface area contributed by atoms with Crippen LogP contribution in [0.3, 0.4) is 0 Å². The van der Waals surface area contributed by atoms with Gasteiger partial charge in [0.15, 0.2) is 0 Å². The van der Waals surface area contributed by atoms with Gasteiger partial charge in [-0.15, -0.1) is 12.6 Å².